The highest BCUT2D eigenvalue weighted by atomic mass is 16.4. The van der Waals surface area contributed by atoms with Gasteiger partial charge in [0.25, 0.3) is 0 Å². The van der Waals surface area contributed by atoms with E-state index in [0.29, 0.717) is 16.6 Å². The molecule has 1 heterocycles. The number of carboxylic acids is 1. The van der Waals surface area contributed by atoms with Crippen LogP contribution in [0.5, 0.6) is 0 Å². The lowest BCUT2D eigenvalue weighted by molar-refractivity contribution is -0.254. The van der Waals surface area contributed by atoms with Gasteiger partial charge in [0.2, 0.25) is 0 Å². The first-order valence-corrected chi connectivity index (χ1v) is 7.16. The number of pyridine rings is 1. The Balaban J connectivity index is 2.30. The first-order valence-electron chi connectivity index (χ1n) is 7.16. The second-order valence-electron chi connectivity index (χ2n) is 5.59. The molecule has 0 spiro atoms. The van der Waals surface area contributed by atoms with Crippen LogP contribution in [0.4, 0.5) is 0 Å². The van der Waals surface area contributed by atoms with Gasteiger partial charge in [-0.3, -0.25) is 0 Å². The van der Waals surface area contributed by atoms with Crippen molar-refractivity contribution in [2.45, 2.75) is 20.8 Å². The molecule has 3 nitrogen and oxygen atoms in total. The van der Waals surface area contributed by atoms with Crippen LogP contribution in [-0.2, 0) is 0 Å². The SMILES string of the molecule is Cc1cc(-c2cc(C(=O)[O-])c3ccccc3n2)cc(C)c1C. The fourth-order valence-electron chi connectivity index (χ4n) is 2.68. The largest absolute Gasteiger partial charge is 0.545 e. The van der Waals surface area contributed by atoms with Gasteiger partial charge < -0.3 is 9.90 Å². The molecule has 110 valence electrons. The van der Waals surface area contributed by atoms with E-state index >= 15 is 0 Å². The average Bonchev–Trinajstić information content (AvgIpc) is 2.50. The van der Waals surface area contributed by atoms with E-state index in [-0.39, 0.29) is 5.56 Å². The number of hydrogen-bond acceptors (Lipinski definition) is 3. The number of carbonyl (C=O) groups is 1. The maximum atomic E-state index is 11.4. The van der Waals surface area contributed by atoms with Crippen molar-refractivity contribution in [3.8, 4) is 11.3 Å². The minimum Gasteiger partial charge on any atom is -0.545 e. The average molecular weight is 290 g/mol. The Morgan fingerprint density at radius 3 is 2.27 bits per heavy atom. The number of benzene rings is 2. The van der Waals surface area contributed by atoms with Gasteiger partial charge in [0, 0.05) is 16.5 Å². The minimum absolute atomic E-state index is 0.177. The number of hydrogen-bond donors (Lipinski definition) is 0. The van der Waals surface area contributed by atoms with Crippen LogP contribution in [0.3, 0.4) is 0 Å². The van der Waals surface area contributed by atoms with Crippen molar-refractivity contribution in [3.63, 3.8) is 0 Å². The third-order valence-electron chi connectivity index (χ3n) is 4.16. The number of carbonyl (C=O) groups excluding carboxylic acids is 1. The summed E-state index contributed by atoms with van der Waals surface area (Å²) in [5, 5.41) is 12.1. The Kier molecular flexibility index (Phi) is 3.41. The van der Waals surface area contributed by atoms with Gasteiger partial charge in [0.05, 0.1) is 17.2 Å². The maximum absolute atomic E-state index is 11.4. The van der Waals surface area contributed by atoms with E-state index in [4.69, 9.17) is 0 Å². The van der Waals surface area contributed by atoms with Crippen molar-refractivity contribution >= 4 is 16.9 Å². The molecule has 0 amide bonds. The van der Waals surface area contributed by atoms with Gasteiger partial charge >= 0.3 is 0 Å². The molecule has 0 radical (unpaired) electrons. The number of rotatable bonds is 2. The number of nitrogens with zero attached hydrogens (tertiary/aromatic N) is 1. The number of para-hydroxylation sites is 1. The fraction of sp³-hybridized carbons (Fsp3) is 0.158. The molecule has 3 heteroatoms. The van der Waals surface area contributed by atoms with Crippen molar-refractivity contribution in [2.24, 2.45) is 0 Å². The fourth-order valence-corrected chi connectivity index (χ4v) is 2.68. The summed E-state index contributed by atoms with van der Waals surface area (Å²) < 4.78 is 0. The number of carboxylic acid groups (broad SMARTS) is 1. The van der Waals surface area contributed by atoms with Crippen LogP contribution in [0.15, 0.2) is 42.5 Å². The van der Waals surface area contributed by atoms with Crippen LogP contribution in [0, 0.1) is 20.8 Å². The predicted octanol–water partition coefficient (Wildman–Crippen LogP) is 3.19. The molecular formula is C19H16NO2-. The molecule has 0 aliphatic carbocycles. The van der Waals surface area contributed by atoms with E-state index in [2.05, 4.69) is 11.9 Å². The van der Waals surface area contributed by atoms with Gasteiger partial charge in [-0.1, -0.05) is 18.2 Å². The first-order chi connectivity index (χ1) is 10.5. The lowest BCUT2D eigenvalue weighted by Gasteiger charge is -2.13. The number of aryl methyl sites for hydroxylation is 2. The summed E-state index contributed by atoms with van der Waals surface area (Å²) in [5.74, 6) is -1.18. The summed E-state index contributed by atoms with van der Waals surface area (Å²) in [6, 6.07) is 12.9. The van der Waals surface area contributed by atoms with Crippen molar-refractivity contribution in [1.29, 1.82) is 0 Å². The zero-order valence-corrected chi connectivity index (χ0v) is 12.8. The third kappa shape index (κ3) is 2.35. The molecule has 2 aromatic carbocycles. The van der Waals surface area contributed by atoms with Crippen LogP contribution in [0.25, 0.3) is 22.2 Å². The number of fused-ring (bicyclic) bond motifs is 1. The van der Waals surface area contributed by atoms with Crippen molar-refractivity contribution in [3.05, 3.63) is 64.7 Å². The molecule has 0 aliphatic rings. The summed E-state index contributed by atoms with van der Waals surface area (Å²) in [4.78, 5) is 16.1. The standard InChI is InChI=1S/C19H17NO2/c1-11-8-14(9-12(2)13(11)3)18-10-16(19(21)22)15-6-4-5-7-17(15)20-18/h4-10H,1-3H3,(H,21,22)/p-1. The minimum atomic E-state index is -1.18. The Hall–Kier alpha value is -2.68. The molecule has 0 aliphatic heterocycles. The smallest absolute Gasteiger partial charge is 0.0722 e. The summed E-state index contributed by atoms with van der Waals surface area (Å²) in [7, 11) is 0. The van der Waals surface area contributed by atoms with Crippen molar-refractivity contribution < 1.29 is 9.90 Å². The number of aromatic carboxylic acids is 1. The lowest BCUT2D eigenvalue weighted by atomic mass is 9.97. The Morgan fingerprint density at radius 1 is 1.00 bits per heavy atom. The Labute approximate surface area is 129 Å². The monoisotopic (exact) mass is 290 g/mol. The molecule has 0 bridgehead atoms. The molecular weight excluding hydrogens is 274 g/mol. The number of aromatic nitrogens is 1. The topological polar surface area (TPSA) is 53.0 Å². The predicted molar refractivity (Wildman–Crippen MR) is 85.7 cm³/mol. The highest BCUT2D eigenvalue weighted by Gasteiger charge is 2.10. The molecule has 3 aromatic rings. The van der Waals surface area contributed by atoms with Crippen LogP contribution >= 0.6 is 0 Å². The van der Waals surface area contributed by atoms with Crippen molar-refractivity contribution in [2.75, 3.05) is 0 Å². The zero-order valence-electron chi connectivity index (χ0n) is 12.8. The highest BCUT2D eigenvalue weighted by molar-refractivity contribution is 6.02. The molecule has 22 heavy (non-hydrogen) atoms. The van der Waals surface area contributed by atoms with E-state index in [1.807, 2.05) is 38.1 Å². The molecule has 0 fully saturated rings. The summed E-state index contributed by atoms with van der Waals surface area (Å²) in [6.07, 6.45) is 0. The molecule has 3 rings (SSSR count). The second kappa shape index (κ2) is 5.26. The van der Waals surface area contributed by atoms with Gasteiger partial charge in [-0.15, -0.1) is 0 Å². The van der Waals surface area contributed by atoms with Crippen LogP contribution < -0.4 is 5.11 Å². The third-order valence-corrected chi connectivity index (χ3v) is 4.16. The first kappa shape index (κ1) is 14.3. The summed E-state index contributed by atoms with van der Waals surface area (Å²) >= 11 is 0. The van der Waals surface area contributed by atoms with Crippen LogP contribution in [0.2, 0.25) is 0 Å². The van der Waals surface area contributed by atoms with E-state index in [1.165, 1.54) is 16.7 Å². The Bertz CT molecular complexity index is 874. The van der Waals surface area contributed by atoms with Gasteiger partial charge in [-0.05, 0) is 61.7 Å². The molecule has 1 aromatic heterocycles. The van der Waals surface area contributed by atoms with Gasteiger partial charge in [0.15, 0.2) is 0 Å². The van der Waals surface area contributed by atoms with E-state index in [1.54, 1.807) is 18.2 Å². The quantitative estimate of drug-likeness (QED) is 0.728. The van der Waals surface area contributed by atoms with E-state index < -0.39 is 5.97 Å². The zero-order chi connectivity index (χ0) is 15.9. The molecule has 0 unspecified atom stereocenters. The van der Waals surface area contributed by atoms with E-state index in [0.717, 1.165) is 5.56 Å². The van der Waals surface area contributed by atoms with Gasteiger partial charge in [-0.2, -0.15) is 0 Å². The lowest BCUT2D eigenvalue weighted by Crippen LogP contribution is -2.22. The normalized spacial score (nSPS) is 10.9. The Morgan fingerprint density at radius 2 is 1.64 bits per heavy atom. The van der Waals surface area contributed by atoms with Gasteiger partial charge in [0.1, 0.15) is 0 Å². The summed E-state index contributed by atoms with van der Waals surface area (Å²) in [6.45, 7) is 6.17. The van der Waals surface area contributed by atoms with Crippen molar-refractivity contribution in [1.82, 2.24) is 4.98 Å². The van der Waals surface area contributed by atoms with Crippen LogP contribution in [-0.4, -0.2) is 11.0 Å². The second-order valence-corrected chi connectivity index (χ2v) is 5.59. The van der Waals surface area contributed by atoms with Crippen LogP contribution in [0.1, 0.15) is 27.0 Å². The molecule has 0 atom stereocenters. The molecule has 0 saturated carbocycles. The highest BCUT2D eigenvalue weighted by Crippen LogP contribution is 2.27. The maximum Gasteiger partial charge on any atom is 0.0722 e. The molecule has 0 N–H and O–H groups in total. The molecule has 0 saturated heterocycles. The van der Waals surface area contributed by atoms with Gasteiger partial charge in [-0.25, -0.2) is 4.98 Å². The van der Waals surface area contributed by atoms with E-state index in [9.17, 15) is 9.90 Å². The summed E-state index contributed by atoms with van der Waals surface area (Å²) in [5.41, 5.74) is 5.99.